The molecule has 1 aromatic rings. The molecule has 0 unspecified atom stereocenters. The predicted octanol–water partition coefficient (Wildman–Crippen LogP) is 1.97. The van der Waals surface area contributed by atoms with Gasteiger partial charge in [0.15, 0.2) is 0 Å². The third-order valence-corrected chi connectivity index (χ3v) is 5.80. The zero-order valence-electron chi connectivity index (χ0n) is 14.2. The highest BCUT2D eigenvalue weighted by Crippen LogP contribution is 2.32. The fourth-order valence-electron chi connectivity index (χ4n) is 2.57. The normalized spacial score (nSPS) is 15.0. The molecule has 0 aliphatic carbocycles. The largest absolute Gasteiger partial charge is 0.314 e. The third-order valence-electron chi connectivity index (χ3n) is 3.80. The van der Waals surface area contributed by atoms with Gasteiger partial charge >= 0.3 is 0 Å². The molecule has 0 aromatic heterocycles. The van der Waals surface area contributed by atoms with Crippen LogP contribution >= 0.6 is 36.4 Å². The molecule has 1 fully saturated rings. The lowest BCUT2D eigenvalue weighted by molar-refractivity contribution is -0.385. The van der Waals surface area contributed by atoms with Crippen LogP contribution in [0.25, 0.3) is 0 Å². The number of hydrogen-bond donors (Lipinski definition) is 2. The van der Waals surface area contributed by atoms with Crippen molar-refractivity contribution in [2.75, 3.05) is 39.3 Å². The van der Waals surface area contributed by atoms with E-state index in [4.69, 9.17) is 11.6 Å². The first-order valence-electron chi connectivity index (χ1n) is 7.68. The van der Waals surface area contributed by atoms with Crippen molar-refractivity contribution in [3.05, 3.63) is 32.8 Å². The van der Waals surface area contributed by atoms with Crippen LogP contribution in [0.3, 0.4) is 0 Å². The van der Waals surface area contributed by atoms with Crippen LogP contribution in [-0.2, 0) is 10.0 Å². The summed E-state index contributed by atoms with van der Waals surface area (Å²) in [7, 11) is -3.89. The van der Waals surface area contributed by atoms with Crippen LogP contribution in [0, 0.1) is 17.0 Å². The van der Waals surface area contributed by atoms with E-state index in [0.29, 0.717) is 12.0 Å². The van der Waals surface area contributed by atoms with Gasteiger partial charge in [0.25, 0.3) is 5.69 Å². The van der Waals surface area contributed by atoms with E-state index >= 15 is 0 Å². The van der Waals surface area contributed by atoms with Crippen LogP contribution in [0.15, 0.2) is 17.0 Å². The molecular weight excluding hydrogens is 427 g/mol. The van der Waals surface area contributed by atoms with Gasteiger partial charge in [0, 0.05) is 38.8 Å². The van der Waals surface area contributed by atoms with E-state index in [0.717, 1.165) is 32.7 Å². The van der Waals surface area contributed by atoms with Crippen molar-refractivity contribution in [2.45, 2.75) is 18.2 Å². The standard InChI is InChI=1S/C14H21ClN4O4S.2ClH/c1-11-9-12(19(20)21)14(15)13(10-11)24(22,23)17-3-2-6-18-7-4-16-5-8-18;;/h9-10,16-17H,2-8H2,1H3;2*1H. The van der Waals surface area contributed by atoms with Crippen molar-refractivity contribution < 1.29 is 13.3 Å². The number of sulfonamides is 1. The Hall–Kier alpha value is -0.680. The van der Waals surface area contributed by atoms with Crippen LogP contribution in [-0.4, -0.2) is 57.5 Å². The summed E-state index contributed by atoms with van der Waals surface area (Å²) in [6.07, 6.45) is 0.657. The molecule has 150 valence electrons. The Kier molecular flexibility index (Phi) is 10.9. The minimum atomic E-state index is -3.89. The van der Waals surface area contributed by atoms with Gasteiger partial charge in [0.2, 0.25) is 10.0 Å². The summed E-state index contributed by atoms with van der Waals surface area (Å²) in [4.78, 5) is 12.3. The molecule has 0 amide bonds. The molecule has 0 spiro atoms. The Morgan fingerprint density at radius 2 is 1.92 bits per heavy atom. The number of nitro groups is 1. The van der Waals surface area contributed by atoms with Gasteiger partial charge in [-0.15, -0.1) is 24.8 Å². The second kappa shape index (κ2) is 11.2. The number of halogens is 3. The number of hydrogen-bond acceptors (Lipinski definition) is 6. The van der Waals surface area contributed by atoms with Crippen LogP contribution < -0.4 is 10.0 Å². The SMILES string of the molecule is Cc1cc([N+](=O)[O-])c(Cl)c(S(=O)(=O)NCCCN2CCNCC2)c1.Cl.Cl. The lowest BCUT2D eigenvalue weighted by Gasteiger charge is -2.27. The smallest absolute Gasteiger partial charge is 0.289 e. The summed E-state index contributed by atoms with van der Waals surface area (Å²) in [5.41, 5.74) is 0.0603. The van der Waals surface area contributed by atoms with Crippen molar-refractivity contribution in [3.63, 3.8) is 0 Å². The molecule has 2 rings (SSSR count). The fraction of sp³-hybridized carbons (Fsp3) is 0.571. The zero-order chi connectivity index (χ0) is 17.7. The van der Waals surface area contributed by atoms with Gasteiger partial charge in [-0.2, -0.15) is 0 Å². The first kappa shape index (κ1) is 25.3. The van der Waals surface area contributed by atoms with E-state index in [9.17, 15) is 18.5 Å². The summed E-state index contributed by atoms with van der Waals surface area (Å²) >= 11 is 5.92. The van der Waals surface area contributed by atoms with Crippen molar-refractivity contribution >= 4 is 52.1 Å². The molecule has 1 heterocycles. The Morgan fingerprint density at radius 3 is 2.50 bits per heavy atom. The van der Waals surface area contributed by atoms with E-state index in [2.05, 4.69) is 14.9 Å². The Morgan fingerprint density at radius 1 is 1.31 bits per heavy atom. The molecule has 26 heavy (non-hydrogen) atoms. The fourth-order valence-corrected chi connectivity index (χ4v) is 4.30. The van der Waals surface area contributed by atoms with Crippen LogP contribution in [0.1, 0.15) is 12.0 Å². The molecule has 1 aliphatic heterocycles. The number of nitrogens with zero attached hydrogens (tertiary/aromatic N) is 2. The van der Waals surface area contributed by atoms with Crippen LogP contribution in [0.4, 0.5) is 5.69 Å². The van der Waals surface area contributed by atoms with Gasteiger partial charge in [-0.05, 0) is 31.5 Å². The maximum Gasteiger partial charge on any atom is 0.289 e. The van der Waals surface area contributed by atoms with Crippen LogP contribution in [0.5, 0.6) is 0 Å². The first-order chi connectivity index (χ1) is 11.3. The minimum absolute atomic E-state index is 0. The zero-order valence-corrected chi connectivity index (χ0v) is 17.4. The van der Waals surface area contributed by atoms with E-state index in [1.807, 2.05) is 0 Å². The molecule has 8 nitrogen and oxygen atoms in total. The predicted molar refractivity (Wildman–Crippen MR) is 106 cm³/mol. The monoisotopic (exact) mass is 448 g/mol. The molecule has 12 heteroatoms. The first-order valence-corrected chi connectivity index (χ1v) is 9.54. The van der Waals surface area contributed by atoms with Gasteiger partial charge in [0.1, 0.15) is 9.92 Å². The molecule has 0 saturated carbocycles. The van der Waals surface area contributed by atoms with Gasteiger partial charge in [-0.3, -0.25) is 10.1 Å². The Bertz CT molecular complexity index is 712. The average molecular weight is 450 g/mol. The summed E-state index contributed by atoms with van der Waals surface area (Å²) in [6, 6.07) is 2.60. The van der Waals surface area contributed by atoms with E-state index in [1.54, 1.807) is 6.92 Å². The molecule has 1 aliphatic rings. The molecule has 0 radical (unpaired) electrons. The van der Waals surface area contributed by atoms with Crippen molar-refractivity contribution in [1.82, 2.24) is 14.9 Å². The van der Waals surface area contributed by atoms with Crippen LogP contribution in [0.2, 0.25) is 5.02 Å². The van der Waals surface area contributed by atoms with Gasteiger partial charge < -0.3 is 10.2 Å². The van der Waals surface area contributed by atoms with Gasteiger partial charge in [-0.1, -0.05) is 11.6 Å². The second-order valence-corrected chi connectivity index (χ2v) is 7.81. The maximum atomic E-state index is 12.4. The number of nitro benzene ring substituents is 1. The number of piperazine rings is 1. The summed E-state index contributed by atoms with van der Waals surface area (Å²) in [5.74, 6) is 0. The highest BCUT2D eigenvalue weighted by Gasteiger charge is 2.25. The number of nitrogens with one attached hydrogen (secondary N) is 2. The summed E-state index contributed by atoms with van der Waals surface area (Å²) in [5, 5.41) is 13.9. The van der Waals surface area contributed by atoms with Crippen molar-refractivity contribution in [3.8, 4) is 0 Å². The van der Waals surface area contributed by atoms with E-state index < -0.39 is 20.6 Å². The number of rotatable bonds is 7. The third kappa shape index (κ3) is 6.80. The highest BCUT2D eigenvalue weighted by molar-refractivity contribution is 7.89. The van der Waals surface area contributed by atoms with E-state index in [1.165, 1.54) is 12.1 Å². The van der Waals surface area contributed by atoms with Crippen molar-refractivity contribution in [1.29, 1.82) is 0 Å². The molecule has 0 bridgehead atoms. The topological polar surface area (TPSA) is 105 Å². The molecule has 1 aromatic carbocycles. The Balaban J connectivity index is 0.00000312. The maximum absolute atomic E-state index is 12.4. The molecule has 2 N–H and O–H groups in total. The molecule has 1 saturated heterocycles. The van der Waals surface area contributed by atoms with Gasteiger partial charge in [-0.25, -0.2) is 13.1 Å². The lowest BCUT2D eigenvalue weighted by Crippen LogP contribution is -2.44. The van der Waals surface area contributed by atoms with Gasteiger partial charge in [0.05, 0.1) is 4.92 Å². The quantitative estimate of drug-likeness (QED) is 0.375. The second-order valence-electron chi connectivity index (χ2n) is 5.70. The Labute approximate surface area is 170 Å². The molecular formula is C14H23Cl3N4O4S. The van der Waals surface area contributed by atoms with Crippen molar-refractivity contribution in [2.24, 2.45) is 0 Å². The molecule has 0 atom stereocenters. The lowest BCUT2D eigenvalue weighted by atomic mass is 10.2. The number of benzene rings is 1. The summed E-state index contributed by atoms with van der Waals surface area (Å²) in [6.45, 7) is 6.41. The number of aryl methyl sites for hydroxylation is 1. The minimum Gasteiger partial charge on any atom is -0.314 e. The van der Waals surface area contributed by atoms with E-state index in [-0.39, 0.29) is 41.3 Å². The summed E-state index contributed by atoms with van der Waals surface area (Å²) < 4.78 is 27.3. The highest BCUT2D eigenvalue weighted by atomic mass is 35.5. The average Bonchev–Trinajstić information content (AvgIpc) is 2.54.